The Hall–Kier alpha value is -1.16. The zero-order chi connectivity index (χ0) is 11.0. The molecule has 78 valence electrons. The Morgan fingerprint density at radius 2 is 1.87 bits per heavy atom. The van der Waals surface area contributed by atoms with Crippen molar-refractivity contribution in [3.63, 3.8) is 0 Å². The van der Waals surface area contributed by atoms with Crippen LogP contribution >= 0.6 is 15.9 Å². The third-order valence-electron chi connectivity index (χ3n) is 2.60. The van der Waals surface area contributed by atoms with Crippen molar-refractivity contribution in [1.82, 2.24) is 14.8 Å². The summed E-state index contributed by atoms with van der Waals surface area (Å²) in [4.78, 5) is 0. The molecule has 0 amide bonds. The molecule has 0 aliphatic heterocycles. The van der Waals surface area contributed by atoms with Gasteiger partial charge >= 0.3 is 0 Å². The van der Waals surface area contributed by atoms with E-state index >= 15 is 0 Å². The summed E-state index contributed by atoms with van der Waals surface area (Å²) >= 11 is 3.40. The molecule has 0 saturated heterocycles. The zero-order valence-electron chi connectivity index (χ0n) is 8.95. The Morgan fingerprint density at radius 1 is 1.13 bits per heavy atom. The second-order valence-electron chi connectivity index (χ2n) is 3.57. The Balaban J connectivity index is 2.69. The van der Waals surface area contributed by atoms with Gasteiger partial charge in [-0.2, -0.15) is 0 Å². The van der Waals surface area contributed by atoms with Crippen LogP contribution in [0.15, 0.2) is 22.9 Å². The smallest absolute Gasteiger partial charge is 0.204 e. The summed E-state index contributed by atoms with van der Waals surface area (Å²) in [7, 11) is 0. The van der Waals surface area contributed by atoms with E-state index in [1.807, 2.05) is 17.6 Å². The van der Waals surface area contributed by atoms with E-state index in [2.05, 4.69) is 52.1 Å². The lowest BCUT2D eigenvalue weighted by Crippen LogP contribution is -2.01. The maximum Gasteiger partial charge on any atom is 0.204 e. The van der Waals surface area contributed by atoms with Gasteiger partial charge in [-0.3, -0.25) is 4.57 Å². The molecule has 0 fully saturated rings. The molecule has 2 rings (SSSR count). The molecule has 0 saturated carbocycles. The zero-order valence-corrected chi connectivity index (χ0v) is 10.5. The first-order valence-electron chi connectivity index (χ1n) is 4.75. The molecular formula is C11H12BrN3. The number of hydrogen-bond donors (Lipinski definition) is 0. The molecule has 15 heavy (non-hydrogen) atoms. The molecule has 1 aromatic carbocycles. The van der Waals surface area contributed by atoms with E-state index in [0.717, 1.165) is 16.2 Å². The largest absolute Gasteiger partial charge is 0.274 e. The third kappa shape index (κ3) is 1.69. The van der Waals surface area contributed by atoms with Crippen LogP contribution in [0.2, 0.25) is 0 Å². The molecule has 0 bridgehead atoms. The number of aromatic nitrogens is 3. The van der Waals surface area contributed by atoms with Crippen molar-refractivity contribution < 1.29 is 0 Å². The van der Waals surface area contributed by atoms with Gasteiger partial charge < -0.3 is 0 Å². The number of rotatable bonds is 1. The van der Waals surface area contributed by atoms with Gasteiger partial charge in [-0.1, -0.05) is 12.1 Å². The molecule has 0 aliphatic rings. The minimum atomic E-state index is 0.744. The van der Waals surface area contributed by atoms with Crippen molar-refractivity contribution in [2.24, 2.45) is 0 Å². The van der Waals surface area contributed by atoms with Gasteiger partial charge in [0.2, 0.25) is 4.73 Å². The Morgan fingerprint density at radius 3 is 2.47 bits per heavy atom. The summed E-state index contributed by atoms with van der Waals surface area (Å²) < 4.78 is 2.75. The average molecular weight is 266 g/mol. The van der Waals surface area contributed by atoms with Crippen molar-refractivity contribution in [1.29, 1.82) is 0 Å². The Kier molecular flexibility index (Phi) is 2.61. The summed E-state index contributed by atoms with van der Waals surface area (Å²) in [6.45, 7) is 6.16. The third-order valence-corrected chi connectivity index (χ3v) is 3.12. The minimum absolute atomic E-state index is 0.744. The summed E-state index contributed by atoms with van der Waals surface area (Å²) in [5.74, 6) is 0.885. The van der Waals surface area contributed by atoms with Crippen LogP contribution < -0.4 is 0 Å². The maximum absolute atomic E-state index is 4.03. The molecule has 0 atom stereocenters. The highest BCUT2D eigenvalue weighted by Gasteiger charge is 2.10. The first-order valence-corrected chi connectivity index (χ1v) is 5.54. The van der Waals surface area contributed by atoms with Gasteiger partial charge in [0.05, 0.1) is 5.69 Å². The molecule has 0 spiro atoms. The first kappa shape index (κ1) is 10.4. The molecule has 0 radical (unpaired) electrons. The lowest BCUT2D eigenvalue weighted by molar-refractivity contribution is 0.944. The first-order chi connectivity index (χ1) is 7.11. The quantitative estimate of drug-likeness (QED) is 0.794. The number of hydrogen-bond acceptors (Lipinski definition) is 2. The van der Waals surface area contributed by atoms with E-state index in [1.165, 1.54) is 11.1 Å². The fourth-order valence-electron chi connectivity index (χ4n) is 1.59. The van der Waals surface area contributed by atoms with E-state index < -0.39 is 0 Å². The molecule has 0 N–H and O–H groups in total. The minimum Gasteiger partial charge on any atom is -0.274 e. The summed E-state index contributed by atoms with van der Waals surface area (Å²) in [6.07, 6.45) is 0. The average Bonchev–Trinajstić information content (AvgIpc) is 2.52. The van der Waals surface area contributed by atoms with Crippen LogP contribution in [0.25, 0.3) is 5.69 Å². The molecule has 2 aromatic rings. The van der Waals surface area contributed by atoms with E-state index in [4.69, 9.17) is 0 Å². The molecule has 4 heteroatoms. The molecule has 1 aromatic heterocycles. The molecule has 0 unspecified atom stereocenters. The van der Waals surface area contributed by atoms with E-state index in [9.17, 15) is 0 Å². The van der Waals surface area contributed by atoms with Crippen molar-refractivity contribution in [2.75, 3.05) is 0 Å². The van der Waals surface area contributed by atoms with Crippen molar-refractivity contribution in [3.05, 3.63) is 39.9 Å². The van der Waals surface area contributed by atoms with E-state index in [-0.39, 0.29) is 0 Å². The predicted octanol–water partition coefficient (Wildman–Crippen LogP) is 2.96. The van der Waals surface area contributed by atoms with Gasteiger partial charge in [-0.15, -0.1) is 10.2 Å². The summed E-state index contributed by atoms with van der Waals surface area (Å²) in [6, 6.07) is 6.22. The number of halogens is 1. The van der Waals surface area contributed by atoms with Crippen LogP contribution in [0, 0.1) is 20.8 Å². The van der Waals surface area contributed by atoms with Crippen molar-refractivity contribution in [3.8, 4) is 5.69 Å². The highest BCUT2D eigenvalue weighted by Crippen LogP contribution is 2.22. The van der Waals surface area contributed by atoms with Crippen LogP contribution in [0.5, 0.6) is 0 Å². The van der Waals surface area contributed by atoms with Gasteiger partial charge in [0, 0.05) is 0 Å². The fourth-order valence-corrected chi connectivity index (χ4v) is 2.12. The van der Waals surface area contributed by atoms with Gasteiger partial charge in [0.15, 0.2) is 0 Å². The molecular weight excluding hydrogens is 254 g/mol. The SMILES string of the molecule is Cc1cccc(-n2c(C)nnc2Br)c1C. The number of nitrogens with zero attached hydrogens (tertiary/aromatic N) is 3. The normalized spacial score (nSPS) is 10.7. The second-order valence-corrected chi connectivity index (χ2v) is 4.28. The van der Waals surface area contributed by atoms with Crippen LogP contribution in [-0.2, 0) is 0 Å². The molecule has 1 heterocycles. The number of aryl methyl sites for hydroxylation is 2. The van der Waals surface area contributed by atoms with Gasteiger partial charge in [0.25, 0.3) is 0 Å². The van der Waals surface area contributed by atoms with Crippen molar-refractivity contribution >= 4 is 15.9 Å². The fraction of sp³-hybridized carbons (Fsp3) is 0.273. The van der Waals surface area contributed by atoms with Gasteiger partial charge in [-0.25, -0.2) is 0 Å². The van der Waals surface area contributed by atoms with Crippen LogP contribution in [0.1, 0.15) is 17.0 Å². The summed E-state index contributed by atoms with van der Waals surface area (Å²) in [5, 5.41) is 8.02. The highest BCUT2D eigenvalue weighted by molar-refractivity contribution is 9.10. The van der Waals surface area contributed by atoms with Crippen LogP contribution in [0.4, 0.5) is 0 Å². The molecule has 0 aliphatic carbocycles. The second kappa shape index (κ2) is 3.77. The number of benzene rings is 1. The van der Waals surface area contributed by atoms with E-state index in [0.29, 0.717) is 0 Å². The van der Waals surface area contributed by atoms with Crippen LogP contribution in [-0.4, -0.2) is 14.8 Å². The predicted molar refractivity (Wildman–Crippen MR) is 63.3 cm³/mol. The van der Waals surface area contributed by atoms with Gasteiger partial charge in [0.1, 0.15) is 5.82 Å². The standard InChI is InChI=1S/C11H12BrN3/c1-7-5-4-6-10(8(7)2)15-9(3)13-14-11(15)12/h4-6H,1-3H3. The highest BCUT2D eigenvalue weighted by atomic mass is 79.9. The monoisotopic (exact) mass is 265 g/mol. The Bertz CT molecular complexity index is 483. The summed E-state index contributed by atoms with van der Waals surface area (Å²) in [5.41, 5.74) is 3.65. The van der Waals surface area contributed by atoms with Gasteiger partial charge in [-0.05, 0) is 53.9 Å². The maximum atomic E-state index is 4.03. The lowest BCUT2D eigenvalue weighted by Gasteiger charge is -2.10. The van der Waals surface area contributed by atoms with E-state index in [1.54, 1.807) is 0 Å². The topological polar surface area (TPSA) is 30.7 Å². The van der Waals surface area contributed by atoms with Crippen LogP contribution in [0.3, 0.4) is 0 Å². The molecule has 3 nitrogen and oxygen atoms in total. The van der Waals surface area contributed by atoms with Crippen molar-refractivity contribution in [2.45, 2.75) is 20.8 Å². The lowest BCUT2D eigenvalue weighted by atomic mass is 10.1. The Labute approximate surface area is 97.3 Å².